The second-order valence-electron chi connectivity index (χ2n) is 8.41. The molecule has 5 rings (SSSR count). The molecule has 0 radical (unpaired) electrons. The van der Waals surface area contributed by atoms with E-state index in [1.807, 2.05) is 49.4 Å². The molecule has 0 spiro atoms. The van der Waals surface area contributed by atoms with Crippen molar-refractivity contribution in [2.75, 3.05) is 32.1 Å². The van der Waals surface area contributed by atoms with E-state index < -0.39 is 11.6 Å². The zero-order valence-corrected chi connectivity index (χ0v) is 19.3. The Kier molecular flexibility index (Phi) is 5.98. The number of urea groups is 1. The Hall–Kier alpha value is -4.14. The first-order chi connectivity index (χ1) is 16.9. The largest absolute Gasteiger partial charge is 0.497 e. The molecule has 2 amide bonds. The fourth-order valence-corrected chi connectivity index (χ4v) is 4.29. The van der Waals surface area contributed by atoms with Gasteiger partial charge in [0.1, 0.15) is 23.0 Å². The molecule has 0 bridgehead atoms. The van der Waals surface area contributed by atoms with E-state index in [2.05, 4.69) is 10.2 Å². The summed E-state index contributed by atoms with van der Waals surface area (Å²) in [5, 5.41) is 2.65. The number of benzene rings is 3. The highest BCUT2D eigenvalue weighted by molar-refractivity contribution is 6.04. The van der Waals surface area contributed by atoms with Gasteiger partial charge in [-0.15, -0.1) is 0 Å². The predicted molar refractivity (Wildman–Crippen MR) is 129 cm³/mol. The fraction of sp³-hybridized carbons (Fsp3) is 0.231. The van der Waals surface area contributed by atoms with Crippen molar-refractivity contribution in [3.05, 3.63) is 77.9 Å². The molecule has 2 aliphatic heterocycles. The second-order valence-corrected chi connectivity index (χ2v) is 8.41. The average molecular weight is 478 g/mol. The first-order valence-corrected chi connectivity index (χ1v) is 11.2. The van der Waals surface area contributed by atoms with Crippen LogP contribution in [0.25, 0.3) is 0 Å². The summed E-state index contributed by atoms with van der Waals surface area (Å²) in [5.41, 5.74) is 1.74. The summed E-state index contributed by atoms with van der Waals surface area (Å²) in [6.07, 6.45) is 0. The maximum absolute atomic E-state index is 13.5. The van der Waals surface area contributed by atoms with Gasteiger partial charge in [0.15, 0.2) is 17.4 Å². The van der Waals surface area contributed by atoms with Crippen molar-refractivity contribution in [3.63, 3.8) is 0 Å². The quantitative estimate of drug-likeness (QED) is 0.536. The SMILES string of the molecule is COc1ccc2c(c1)Oc1ccccc1N=C2N1CCN(C(=O)Nc2ccc(F)c(F)c2)C(C)C1. The zero-order valence-electron chi connectivity index (χ0n) is 19.3. The van der Waals surface area contributed by atoms with E-state index >= 15 is 0 Å². The van der Waals surface area contributed by atoms with Crippen LogP contribution in [0.1, 0.15) is 12.5 Å². The number of ether oxygens (including phenoxy) is 2. The van der Waals surface area contributed by atoms with Crippen molar-refractivity contribution < 1.29 is 23.0 Å². The molecule has 3 aromatic carbocycles. The number of hydrogen-bond donors (Lipinski definition) is 1. The summed E-state index contributed by atoms with van der Waals surface area (Å²) in [6, 6.07) is 15.9. The number of amides is 2. The van der Waals surface area contributed by atoms with E-state index in [0.29, 0.717) is 42.6 Å². The highest BCUT2D eigenvalue weighted by atomic mass is 19.2. The number of aliphatic imine (C=N–C) groups is 1. The molecule has 35 heavy (non-hydrogen) atoms. The molecule has 1 fully saturated rings. The molecule has 0 aromatic heterocycles. The fourth-order valence-electron chi connectivity index (χ4n) is 4.29. The zero-order chi connectivity index (χ0) is 24.5. The first kappa shape index (κ1) is 22.6. The van der Waals surface area contributed by atoms with Crippen LogP contribution in [-0.2, 0) is 0 Å². The van der Waals surface area contributed by atoms with Crippen LogP contribution in [0, 0.1) is 11.6 Å². The monoisotopic (exact) mass is 478 g/mol. The predicted octanol–water partition coefficient (Wildman–Crippen LogP) is 5.40. The van der Waals surface area contributed by atoms with Gasteiger partial charge >= 0.3 is 6.03 Å². The lowest BCUT2D eigenvalue weighted by molar-refractivity contribution is 0.145. The maximum Gasteiger partial charge on any atom is 0.322 e. The third-order valence-electron chi connectivity index (χ3n) is 6.10. The van der Waals surface area contributed by atoms with E-state index in [9.17, 15) is 13.6 Å². The van der Waals surface area contributed by atoms with Gasteiger partial charge in [0.05, 0.1) is 12.7 Å². The van der Waals surface area contributed by atoms with Crippen LogP contribution >= 0.6 is 0 Å². The number of hydrogen-bond acceptors (Lipinski definition) is 5. The number of nitrogens with zero attached hydrogens (tertiary/aromatic N) is 3. The number of piperazine rings is 1. The number of para-hydroxylation sites is 2. The molecular weight excluding hydrogens is 454 g/mol. The first-order valence-electron chi connectivity index (χ1n) is 11.2. The number of amidine groups is 1. The van der Waals surface area contributed by atoms with Crippen LogP contribution in [0.2, 0.25) is 0 Å². The Morgan fingerprint density at radius 2 is 1.89 bits per heavy atom. The Morgan fingerprint density at radius 3 is 2.66 bits per heavy atom. The smallest absolute Gasteiger partial charge is 0.322 e. The molecule has 1 N–H and O–H groups in total. The van der Waals surface area contributed by atoms with Gasteiger partial charge in [-0.1, -0.05) is 12.1 Å². The van der Waals surface area contributed by atoms with Crippen LogP contribution in [0.4, 0.5) is 25.0 Å². The molecule has 9 heteroatoms. The summed E-state index contributed by atoms with van der Waals surface area (Å²) in [5.74, 6) is 0.742. The molecule has 2 heterocycles. The minimum absolute atomic E-state index is 0.169. The topological polar surface area (TPSA) is 66.4 Å². The van der Waals surface area contributed by atoms with Crippen molar-refractivity contribution in [2.45, 2.75) is 13.0 Å². The molecule has 0 aliphatic carbocycles. The van der Waals surface area contributed by atoms with Gasteiger partial charge in [-0.25, -0.2) is 18.6 Å². The van der Waals surface area contributed by atoms with Crippen LogP contribution in [0.5, 0.6) is 17.2 Å². The van der Waals surface area contributed by atoms with Crippen LogP contribution < -0.4 is 14.8 Å². The van der Waals surface area contributed by atoms with Gasteiger partial charge in [-0.05, 0) is 43.3 Å². The number of nitrogens with one attached hydrogen (secondary N) is 1. The molecular formula is C26H24F2N4O3. The van der Waals surface area contributed by atoms with Crippen molar-refractivity contribution in [1.82, 2.24) is 9.80 Å². The number of rotatable bonds is 2. The normalized spacial score (nSPS) is 16.9. The molecule has 1 unspecified atom stereocenters. The van der Waals surface area contributed by atoms with Crippen molar-refractivity contribution in [3.8, 4) is 17.2 Å². The Labute approximate surface area is 201 Å². The summed E-state index contributed by atoms with van der Waals surface area (Å²) in [4.78, 5) is 21.6. The van der Waals surface area contributed by atoms with E-state index in [4.69, 9.17) is 14.5 Å². The van der Waals surface area contributed by atoms with Gasteiger partial charge in [-0.2, -0.15) is 0 Å². The summed E-state index contributed by atoms with van der Waals surface area (Å²) in [6.45, 7) is 3.41. The third kappa shape index (κ3) is 4.49. The minimum atomic E-state index is -1.01. The average Bonchev–Trinajstić information content (AvgIpc) is 3.02. The highest BCUT2D eigenvalue weighted by Crippen LogP contribution is 2.39. The van der Waals surface area contributed by atoms with E-state index in [1.54, 1.807) is 12.0 Å². The lowest BCUT2D eigenvalue weighted by Crippen LogP contribution is -2.56. The number of carbonyl (C=O) groups is 1. The number of methoxy groups -OCH3 is 1. The van der Waals surface area contributed by atoms with E-state index in [1.165, 1.54) is 6.07 Å². The number of carbonyl (C=O) groups excluding carboxylic acids is 1. The van der Waals surface area contributed by atoms with Gasteiger partial charge in [-0.3, -0.25) is 0 Å². The molecule has 7 nitrogen and oxygen atoms in total. The van der Waals surface area contributed by atoms with Gasteiger partial charge in [0.25, 0.3) is 0 Å². The standard InChI is InChI=1S/C26H24F2N4O3/c1-16-15-31(11-12-32(16)26(33)29-17-7-10-20(27)21(28)13-17)25-19-9-8-18(34-2)14-24(19)35-23-6-4-3-5-22(23)30-25/h3-10,13-14,16H,11-12,15H2,1-2H3,(H,29,33). The van der Waals surface area contributed by atoms with Gasteiger partial charge in [0, 0.05) is 43.5 Å². The van der Waals surface area contributed by atoms with Crippen molar-refractivity contribution >= 4 is 23.2 Å². The number of anilines is 1. The van der Waals surface area contributed by atoms with Crippen molar-refractivity contribution in [1.29, 1.82) is 0 Å². The Bertz CT molecular complexity index is 1310. The minimum Gasteiger partial charge on any atom is -0.497 e. The molecule has 0 saturated carbocycles. The Balaban J connectivity index is 1.39. The number of fused-ring (bicyclic) bond motifs is 2. The maximum atomic E-state index is 13.5. The molecule has 3 aromatic rings. The second kappa shape index (κ2) is 9.25. The lowest BCUT2D eigenvalue weighted by Gasteiger charge is -2.41. The summed E-state index contributed by atoms with van der Waals surface area (Å²) < 4.78 is 38.3. The third-order valence-corrected chi connectivity index (χ3v) is 6.10. The lowest BCUT2D eigenvalue weighted by atomic mass is 10.1. The summed E-state index contributed by atoms with van der Waals surface area (Å²) >= 11 is 0. The molecule has 2 aliphatic rings. The highest BCUT2D eigenvalue weighted by Gasteiger charge is 2.32. The Morgan fingerprint density at radius 1 is 1.06 bits per heavy atom. The van der Waals surface area contributed by atoms with Crippen LogP contribution in [-0.4, -0.2) is 54.5 Å². The number of halogens is 2. The molecule has 180 valence electrons. The van der Waals surface area contributed by atoms with E-state index in [0.717, 1.165) is 23.5 Å². The van der Waals surface area contributed by atoms with Crippen LogP contribution in [0.3, 0.4) is 0 Å². The van der Waals surface area contributed by atoms with Crippen LogP contribution in [0.15, 0.2) is 65.7 Å². The van der Waals surface area contributed by atoms with Gasteiger partial charge in [0.2, 0.25) is 0 Å². The molecule has 1 atom stereocenters. The van der Waals surface area contributed by atoms with Crippen molar-refractivity contribution in [2.24, 2.45) is 4.99 Å². The molecule has 1 saturated heterocycles. The summed E-state index contributed by atoms with van der Waals surface area (Å²) in [7, 11) is 1.60. The van der Waals surface area contributed by atoms with E-state index in [-0.39, 0.29) is 17.8 Å². The van der Waals surface area contributed by atoms with Gasteiger partial charge < -0.3 is 24.6 Å².